The van der Waals surface area contributed by atoms with Crippen LogP contribution in [0.3, 0.4) is 0 Å². The molecule has 1 heterocycles. The van der Waals surface area contributed by atoms with E-state index < -0.39 is 0 Å². The quantitative estimate of drug-likeness (QED) is 0.801. The highest BCUT2D eigenvalue weighted by molar-refractivity contribution is 14.1. The predicted molar refractivity (Wildman–Crippen MR) is 68.2 cm³/mol. The van der Waals surface area contributed by atoms with Crippen molar-refractivity contribution in [3.63, 3.8) is 0 Å². The van der Waals surface area contributed by atoms with Gasteiger partial charge >= 0.3 is 0 Å². The number of halogens is 2. The Morgan fingerprint density at radius 3 is 3.00 bits per heavy atom. The molecule has 0 spiro atoms. The largest absolute Gasteiger partial charge is 0.475 e. The molecule has 14 heavy (non-hydrogen) atoms. The molecular weight excluding hydrogens is 312 g/mol. The van der Waals surface area contributed by atoms with Crippen LogP contribution in [0.2, 0.25) is 0 Å². The van der Waals surface area contributed by atoms with Crippen LogP contribution in [0.1, 0.15) is 12.0 Å². The van der Waals surface area contributed by atoms with Gasteiger partial charge in [-0.05, 0) is 59.8 Å². The Bertz CT molecular complexity index is 319. The van der Waals surface area contributed by atoms with E-state index in [4.69, 9.17) is 4.74 Å². The van der Waals surface area contributed by atoms with Crippen LogP contribution in [0.25, 0.3) is 0 Å². The molecule has 0 fully saturated rings. The van der Waals surface area contributed by atoms with Crippen molar-refractivity contribution >= 4 is 35.0 Å². The number of nitrogens with one attached hydrogen (secondary N) is 1. The summed E-state index contributed by atoms with van der Waals surface area (Å²) in [6.07, 6.45) is 2.36. The Kier molecular flexibility index (Phi) is 4.47. The van der Waals surface area contributed by atoms with Gasteiger partial charge in [0.1, 0.15) is 12.0 Å². The Labute approximate surface area is 104 Å². The van der Waals surface area contributed by atoms with Crippen molar-refractivity contribution in [3.05, 3.63) is 27.3 Å². The lowest BCUT2D eigenvalue weighted by Gasteiger charge is -2.25. The molecular formula is C10H13ClINO. The summed E-state index contributed by atoms with van der Waals surface area (Å²) in [5, 5.41) is 3.14. The van der Waals surface area contributed by atoms with E-state index in [1.54, 1.807) is 0 Å². The molecule has 1 N–H and O–H groups in total. The van der Waals surface area contributed by atoms with Gasteiger partial charge in [-0.3, -0.25) is 5.32 Å². The second-order valence-electron chi connectivity index (χ2n) is 3.19. The van der Waals surface area contributed by atoms with E-state index in [-0.39, 0.29) is 18.6 Å². The molecule has 4 heteroatoms. The minimum absolute atomic E-state index is 0. The van der Waals surface area contributed by atoms with Gasteiger partial charge in [-0.25, -0.2) is 0 Å². The summed E-state index contributed by atoms with van der Waals surface area (Å²) >= 11 is 2.33. The first kappa shape index (κ1) is 12.1. The number of fused-ring (bicyclic) bond motifs is 1. The zero-order valence-electron chi connectivity index (χ0n) is 7.92. The average molecular weight is 326 g/mol. The van der Waals surface area contributed by atoms with E-state index in [2.05, 4.69) is 46.1 Å². The number of aryl methyl sites for hydroxylation is 1. The summed E-state index contributed by atoms with van der Waals surface area (Å²) in [6.45, 7) is 0. The summed E-state index contributed by atoms with van der Waals surface area (Å²) in [6, 6.07) is 6.33. The molecule has 0 radical (unpaired) electrons. The number of hydrogen-bond acceptors (Lipinski definition) is 2. The lowest BCUT2D eigenvalue weighted by Crippen LogP contribution is -2.34. The van der Waals surface area contributed by atoms with Crippen LogP contribution in [-0.4, -0.2) is 13.3 Å². The van der Waals surface area contributed by atoms with E-state index in [1.807, 2.05) is 7.05 Å². The number of hydrogen-bond donors (Lipinski definition) is 1. The van der Waals surface area contributed by atoms with Gasteiger partial charge in [-0.15, -0.1) is 12.4 Å². The molecule has 2 nitrogen and oxygen atoms in total. The van der Waals surface area contributed by atoms with Gasteiger partial charge < -0.3 is 4.74 Å². The minimum atomic E-state index is 0. The fraction of sp³-hybridized carbons (Fsp3) is 0.400. The third kappa shape index (κ3) is 2.52. The molecule has 1 aromatic carbocycles. The lowest BCUT2D eigenvalue weighted by molar-refractivity contribution is 0.147. The molecule has 0 amide bonds. The fourth-order valence-corrected chi connectivity index (χ4v) is 2.12. The highest BCUT2D eigenvalue weighted by atomic mass is 127. The van der Waals surface area contributed by atoms with E-state index in [0.29, 0.717) is 0 Å². The molecule has 0 saturated carbocycles. The predicted octanol–water partition coefficient (Wildman–Crippen LogP) is 2.58. The van der Waals surface area contributed by atoms with Crippen molar-refractivity contribution in [1.29, 1.82) is 0 Å². The highest BCUT2D eigenvalue weighted by Crippen LogP contribution is 2.27. The van der Waals surface area contributed by atoms with Gasteiger partial charge in [-0.1, -0.05) is 0 Å². The van der Waals surface area contributed by atoms with E-state index in [0.717, 1.165) is 18.6 Å². The van der Waals surface area contributed by atoms with Crippen molar-refractivity contribution in [2.45, 2.75) is 19.1 Å². The summed E-state index contributed by atoms with van der Waals surface area (Å²) in [5.41, 5.74) is 1.33. The minimum Gasteiger partial charge on any atom is -0.475 e. The van der Waals surface area contributed by atoms with Gasteiger partial charge in [0.25, 0.3) is 0 Å². The van der Waals surface area contributed by atoms with E-state index >= 15 is 0 Å². The SMILES string of the molecule is CN[C@H]1CCc2cc(I)ccc2O1.Cl. The van der Waals surface area contributed by atoms with E-state index in [9.17, 15) is 0 Å². The summed E-state index contributed by atoms with van der Waals surface area (Å²) in [5.74, 6) is 1.03. The third-order valence-electron chi connectivity index (χ3n) is 2.29. The number of ether oxygens (including phenoxy) is 1. The molecule has 78 valence electrons. The zero-order chi connectivity index (χ0) is 9.26. The first-order valence-corrected chi connectivity index (χ1v) is 5.50. The lowest BCUT2D eigenvalue weighted by atomic mass is 10.1. The molecule has 0 bridgehead atoms. The molecule has 1 aliphatic heterocycles. The van der Waals surface area contributed by atoms with Crippen LogP contribution in [0.5, 0.6) is 5.75 Å². The molecule has 1 atom stereocenters. The van der Waals surface area contributed by atoms with Gasteiger partial charge in [0.15, 0.2) is 0 Å². The average Bonchev–Trinajstić information content (AvgIpc) is 2.17. The number of benzene rings is 1. The number of rotatable bonds is 1. The van der Waals surface area contributed by atoms with Gasteiger partial charge in [0, 0.05) is 9.99 Å². The van der Waals surface area contributed by atoms with Crippen LogP contribution in [-0.2, 0) is 6.42 Å². The maximum atomic E-state index is 5.72. The topological polar surface area (TPSA) is 21.3 Å². The standard InChI is InChI=1S/C10H12INO.ClH/c1-12-10-5-2-7-6-8(11)3-4-9(7)13-10;/h3-4,6,10,12H,2,5H2,1H3;1H/t10-;/m1./s1. The smallest absolute Gasteiger partial charge is 0.150 e. The monoisotopic (exact) mass is 325 g/mol. The molecule has 0 saturated heterocycles. The van der Waals surface area contributed by atoms with Crippen molar-refractivity contribution in [1.82, 2.24) is 5.32 Å². The molecule has 0 aromatic heterocycles. The van der Waals surface area contributed by atoms with Crippen molar-refractivity contribution in [3.8, 4) is 5.75 Å². The summed E-state index contributed by atoms with van der Waals surface area (Å²) < 4.78 is 7.00. The molecule has 1 aliphatic rings. The molecule has 2 rings (SSSR count). The first-order chi connectivity index (χ1) is 6.29. The Morgan fingerprint density at radius 2 is 2.29 bits per heavy atom. The van der Waals surface area contributed by atoms with Gasteiger partial charge in [0.2, 0.25) is 0 Å². The normalized spacial score (nSPS) is 19.1. The maximum Gasteiger partial charge on any atom is 0.150 e. The van der Waals surface area contributed by atoms with Crippen LogP contribution in [0, 0.1) is 3.57 Å². The molecule has 0 unspecified atom stereocenters. The van der Waals surface area contributed by atoms with Gasteiger partial charge in [-0.2, -0.15) is 0 Å². The van der Waals surface area contributed by atoms with Crippen molar-refractivity contribution < 1.29 is 4.74 Å². The Balaban J connectivity index is 0.000000980. The highest BCUT2D eigenvalue weighted by Gasteiger charge is 2.17. The molecule has 0 aliphatic carbocycles. The zero-order valence-corrected chi connectivity index (χ0v) is 10.9. The van der Waals surface area contributed by atoms with Crippen LogP contribution in [0.15, 0.2) is 18.2 Å². The van der Waals surface area contributed by atoms with Crippen LogP contribution >= 0.6 is 35.0 Å². The molecule has 1 aromatic rings. The third-order valence-corrected chi connectivity index (χ3v) is 2.96. The van der Waals surface area contributed by atoms with Crippen molar-refractivity contribution in [2.75, 3.05) is 7.05 Å². The van der Waals surface area contributed by atoms with Crippen LogP contribution in [0.4, 0.5) is 0 Å². The summed E-state index contributed by atoms with van der Waals surface area (Å²) in [4.78, 5) is 0. The van der Waals surface area contributed by atoms with E-state index in [1.165, 1.54) is 9.13 Å². The van der Waals surface area contributed by atoms with Crippen molar-refractivity contribution in [2.24, 2.45) is 0 Å². The first-order valence-electron chi connectivity index (χ1n) is 4.42. The second kappa shape index (κ2) is 5.19. The maximum absolute atomic E-state index is 5.72. The Morgan fingerprint density at radius 1 is 1.50 bits per heavy atom. The van der Waals surface area contributed by atoms with Gasteiger partial charge in [0.05, 0.1) is 0 Å². The summed E-state index contributed by atoms with van der Waals surface area (Å²) in [7, 11) is 1.93. The van der Waals surface area contributed by atoms with Crippen LogP contribution < -0.4 is 10.1 Å². The second-order valence-corrected chi connectivity index (χ2v) is 4.43. The Hall–Kier alpha value is -0.000000000000000111. The fourth-order valence-electron chi connectivity index (χ4n) is 1.56.